The lowest BCUT2D eigenvalue weighted by molar-refractivity contribution is -0.115. The molecule has 134 valence electrons. The van der Waals surface area contributed by atoms with Gasteiger partial charge >= 0.3 is 0 Å². The Bertz CT molecular complexity index is 948. The number of benzene rings is 2. The predicted molar refractivity (Wildman–Crippen MR) is 107 cm³/mol. The zero-order chi connectivity index (χ0) is 18.7. The van der Waals surface area contributed by atoms with Crippen LogP contribution < -0.4 is 5.32 Å². The fraction of sp³-hybridized carbons (Fsp3) is 0.176. The number of halogens is 2. The van der Waals surface area contributed by atoms with E-state index in [9.17, 15) is 4.79 Å². The molecular formula is C17H15BrClN5OS. The zero-order valence-electron chi connectivity index (χ0n) is 14.0. The number of nitrogens with one attached hydrogen (secondary N) is 1. The summed E-state index contributed by atoms with van der Waals surface area (Å²) in [5.74, 6) is -0.139. The van der Waals surface area contributed by atoms with Crippen molar-refractivity contribution in [3.05, 3.63) is 57.5 Å². The number of tetrazole rings is 1. The number of hydrogen-bond acceptors (Lipinski definition) is 5. The number of aryl methyl sites for hydroxylation is 1. The number of thioether (sulfide) groups is 1. The fourth-order valence-corrected chi connectivity index (χ4v) is 3.77. The van der Waals surface area contributed by atoms with Crippen molar-refractivity contribution in [3.63, 3.8) is 0 Å². The second-order valence-electron chi connectivity index (χ2n) is 5.59. The monoisotopic (exact) mass is 451 g/mol. The van der Waals surface area contributed by atoms with Crippen molar-refractivity contribution < 1.29 is 4.79 Å². The first-order chi connectivity index (χ1) is 12.4. The van der Waals surface area contributed by atoms with E-state index in [4.69, 9.17) is 11.6 Å². The Balaban J connectivity index is 1.73. The third-order valence-corrected chi connectivity index (χ3v) is 5.45. The minimum atomic E-state index is -0.396. The Morgan fingerprint density at radius 1 is 1.31 bits per heavy atom. The quantitative estimate of drug-likeness (QED) is 0.577. The first kappa shape index (κ1) is 18.9. The summed E-state index contributed by atoms with van der Waals surface area (Å²) in [5.41, 5.74) is 2.57. The van der Waals surface area contributed by atoms with E-state index in [1.807, 2.05) is 37.3 Å². The Labute approximate surface area is 168 Å². The van der Waals surface area contributed by atoms with Gasteiger partial charge in [-0.25, -0.2) is 0 Å². The molecule has 3 rings (SSSR count). The molecule has 0 spiro atoms. The van der Waals surface area contributed by atoms with Gasteiger partial charge in [0.2, 0.25) is 11.1 Å². The molecule has 0 fully saturated rings. The molecular weight excluding hydrogens is 438 g/mol. The Hall–Kier alpha value is -1.90. The molecule has 1 amide bonds. The molecule has 1 aromatic heterocycles. The smallest absolute Gasteiger partial charge is 0.237 e. The zero-order valence-corrected chi connectivity index (χ0v) is 17.1. The highest BCUT2D eigenvalue weighted by Gasteiger charge is 2.20. The van der Waals surface area contributed by atoms with E-state index < -0.39 is 5.25 Å². The number of carbonyl (C=O) groups excluding carboxylic acids is 1. The summed E-state index contributed by atoms with van der Waals surface area (Å²) in [4.78, 5) is 12.5. The van der Waals surface area contributed by atoms with E-state index in [0.29, 0.717) is 10.2 Å². The van der Waals surface area contributed by atoms with Crippen LogP contribution in [0.2, 0.25) is 5.02 Å². The molecule has 6 nitrogen and oxygen atoms in total. The largest absolute Gasteiger partial charge is 0.324 e. The summed E-state index contributed by atoms with van der Waals surface area (Å²) in [5, 5.41) is 15.3. The first-order valence-electron chi connectivity index (χ1n) is 7.72. The summed E-state index contributed by atoms with van der Waals surface area (Å²) in [6, 6.07) is 13.0. The number of hydrogen-bond donors (Lipinski definition) is 1. The minimum Gasteiger partial charge on any atom is -0.324 e. The number of rotatable bonds is 5. The summed E-state index contributed by atoms with van der Waals surface area (Å²) < 4.78 is 2.40. The molecule has 3 aromatic rings. The SMILES string of the molecule is Cc1ccc(NC(=O)C(C)Sc2nnnn2-c2cccc(Cl)c2)c(Br)c1. The minimum absolute atomic E-state index is 0.139. The van der Waals surface area contributed by atoms with Gasteiger partial charge in [-0.2, -0.15) is 4.68 Å². The average molecular weight is 453 g/mol. The van der Waals surface area contributed by atoms with Gasteiger partial charge in [-0.05, 0) is 76.1 Å². The second-order valence-corrected chi connectivity index (χ2v) is 8.18. The van der Waals surface area contributed by atoms with E-state index in [1.54, 1.807) is 23.7 Å². The van der Waals surface area contributed by atoms with Crippen LogP contribution in [0.25, 0.3) is 5.69 Å². The molecule has 26 heavy (non-hydrogen) atoms. The van der Waals surface area contributed by atoms with Crippen molar-refractivity contribution in [2.75, 3.05) is 5.32 Å². The first-order valence-corrected chi connectivity index (χ1v) is 9.77. The molecule has 1 heterocycles. The summed E-state index contributed by atoms with van der Waals surface area (Å²) in [6.45, 7) is 3.80. The van der Waals surface area contributed by atoms with Crippen LogP contribution in [0.5, 0.6) is 0 Å². The third-order valence-electron chi connectivity index (χ3n) is 3.53. The third kappa shape index (κ3) is 4.44. The normalized spacial score (nSPS) is 12.0. The molecule has 0 aliphatic heterocycles. The van der Waals surface area contributed by atoms with Crippen LogP contribution >= 0.6 is 39.3 Å². The van der Waals surface area contributed by atoms with Crippen molar-refractivity contribution in [1.82, 2.24) is 20.2 Å². The predicted octanol–water partition coefficient (Wildman–Crippen LogP) is 4.51. The Morgan fingerprint density at radius 2 is 2.12 bits per heavy atom. The van der Waals surface area contributed by atoms with E-state index >= 15 is 0 Å². The highest BCUT2D eigenvalue weighted by atomic mass is 79.9. The van der Waals surface area contributed by atoms with E-state index in [2.05, 4.69) is 36.8 Å². The molecule has 9 heteroatoms. The van der Waals surface area contributed by atoms with Gasteiger partial charge in [0, 0.05) is 9.50 Å². The molecule has 0 bridgehead atoms. The van der Waals surface area contributed by atoms with Crippen LogP contribution in [0.3, 0.4) is 0 Å². The Morgan fingerprint density at radius 3 is 2.85 bits per heavy atom. The van der Waals surface area contributed by atoms with Gasteiger partial charge in [0.1, 0.15) is 0 Å². The van der Waals surface area contributed by atoms with Gasteiger partial charge in [-0.15, -0.1) is 5.10 Å². The van der Waals surface area contributed by atoms with E-state index in [1.165, 1.54) is 11.8 Å². The molecule has 1 unspecified atom stereocenters. The van der Waals surface area contributed by atoms with Gasteiger partial charge in [-0.3, -0.25) is 4.79 Å². The maximum absolute atomic E-state index is 12.5. The van der Waals surface area contributed by atoms with Gasteiger partial charge in [0.05, 0.1) is 16.6 Å². The molecule has 0 aliphatic rings. The molecule has 2 aromatic carbocycles. The van der Waals surface area contributed by atoms with Crippen LogP contribution in [-0.2, 0) is 4.79 Å². The number of anilines is 1. The maximum Gasteiger partial charge on any atom is 0.237 e. The summed E-state index contributed by atoms with van der Waals surface area (Å²) in [7, 11) is 0. The van der Waals surface area contributed by atoms with Crippen molar-refractivity contribution in [1.29, 1.82) is 0 Å². The number of carbonyl (C=O) groups is 1. The lowest BCUT2D eigenvalue weighted by atomic mass is 10.2. The molecule has 0 aliphatic carbocycles. The number of aromatic nitrogens is 4. The topological polar surface area (TPSA) is 72.7 Å². The second kappa shape index (κ2) is 8.20. The van der Waals surface area contributed by atoms with Crippen LogP contribution in [-0.4, -0.2) is 31.4 Å². The summed E-state index contributed by atoms with van der Waals surface area (Å²) in [6.07, 6.45) is 0. The van der Waals surface area contributed by atoms with E-state index in [0.717, 1.165) is 21.4 Å². The van der Waals surface area contributed by atoms with Crippen molar-refractivity contribution in [3.8, 4) is 5.69 Å². The average Bonchev–Trinajstić information content (AvgIpc) is 3.05. The van der Waals surface area contributed by atoms with Gasteiger partial charge in [0.15, 0.2) is 0 Å². The fourth-order valence-electron chi connectivity index (χ4n) is 2.19. The van der Waals surface area contributed by atoms with Crippen LogP contribution in [0.1, 0.15) is 12.5 Å². The van der Waals surface area contributed by atoms with Gasteiger partial charge < -0.3 is 5.32 Å². The molecule has 0 saturated heterocycles. The highest BCUT2D eigenvalue weighted by molar-refractivity contribution is 9.10. The van der Waals surface area contributed by atoms with Crippen molar-refractivity contribution >= 4 is 50.9 Å². The van der Waals surface area contributed by atoms with Crippen molar-refractivity contribution in [2.24, 2.45) is 0 Å². The van der Waals surface area contributed by atoms with Crippen molar-refractivity contribution in [2.45, 2.75) is 24.3 Å². The number of nitrogens with zero attached hydrogens (tertiary/aromatic N) is 4. The standard InChI is InChI=1S/C17H15BrClN5OS/c1-10-6-7-15(14(18)8-10)20-16(25)11(2)26-17-21-22-23-24(17)13-5-3-4-12(19)9-13/h3-9,11H,1-2H3,(H,20,25). The lowest BCUT2D eigenvalue weighted by Gasteiger charge is -2.13. The van der Waals surface area contributed by atoms with E-state index in [-0.39, 0.29) is 5.91 Å². The van der Waals surface area contributed by atoms with Gasteiger partial charge in [0.25, 0.3) is 0 Å². The maximum atomic E-state index is 12.5. The molecule has 0 radical (unpaired) electrons. The molecule has 1 N–H and O–H groups in total. The van der Waals surface area contributed by atoms with Crippen LogP contribution in [0, 0.1) is 6.92 Å². The van der Waals surface area contributed by atoms with Crippen LogP contribution in [0.15, 0.2) is 52.1 Å². The molecule has 1 atom stereocenters. The molecule has 0 saturated carbocycles. The van der Waals surface area contributed by atoms with Gasteiger partial charge in [-0.1, -0.05) is 35.5 Å². The number of amides is 1. The lowest BCUT2D eigenvalue weighted by Crippen LogP contribution is -2.23. The summed E-state index contributed by atoms with van der Waals surface area (Å²) >= 11 is 10.8. The highest BCUT2D eigenvalue weighted by Crippen LogP contribution is 2.27. The van der Waals surface area contributed by atoms with Crippen LogP contribution in [0.4, 0.5) is 5.69 Å². The Kier molecular flexibility index (Phi) is 5.95.